The summed E-state index contributed by atoms with van der Waals surface area (Å²) in [5.41, 5.74) is -0.919. The van der Waals surface area contributed by atoms with E-state index >= 15 is 0 Å². The fraction of sp³-hybridized carbons (Fsp3) is 0.842. The van der Waals surface area contributed by atoms with Gasteiger partial charge in [-0.05, 0) is 44.4 Å². The number of carboxylic acids is 1. The number of likely N-dealkylation sites (tertiary alicyclic amines) is 1. The zero-order valence-electron chi connectivity index (χ0n) is 15.7. The summed E-state index contributed by atoms with van der Waals surface area (Å²) in [5, 5.41) is 12.3. The van der Waals surface area contributed by atoms with E-state index < -0.39 is 11.4 Å². The normalized spacial score (nSPS) is 27.4. The maximum Gasteiger partial charge on any atom is 0.311 e. The first-order valence-electron chi connectivity index (χ1n) is 9.63. The number of aliphatic carboxylic acids is 1. The third-order valence-corrected chi connectivity index (χ3v) is 6.36. The highest BCUT2D eigenvalue weighted by molar-refractivity contribution is 5.89. The van der Waals surface area contributed by atoms with Gasteiger partial charge >= 0.3 is 5.97 Å². The van der Waals surface area contributed by atoms with Crippen molar-refractivity contribution in [3.8, 4) is 0 Å². The Hall–Kier alpha value is -1.59. The largest absolute Gasteiger partial charge is 0.481 e. The number of carbonyl (C=O) groups is 3. The lowest BCUT2D eigenvalue weighted by Gasteiger charge is -2.33. The molecule has 1 saturated carbocycles. The van der Waals surface area contributed by atoms with E-state index in [1.807, 2.05) is 18.7 Å². The molecule has 0 aromatic carbocycles. The minimum Gasteiger partial charge on any atom is -0.481 e. The fourth-order valence-corrected chi connectivity index (χ4v) is 4.09. The molecule has 0 radical (unpaired) electrons. The second-order valence-corrected chi connectivity index (χ2v) is 7.87. The lowest BCUT2D eigenvalue weighted by atomic mass is 9.82. The van der Waals surface area contributed by atoms with E-state index in [0.29, 0.717) is 19.4 Å². The van der Waals surface area contributed by atoms with E-state index in [2.05, 4.69) is 12.2 Å². The summed E-state index contributed by atoms with van der Waals surface area (Å²) < 4.78 is 0. The van der Waals surface area contributed by atoms with Crippen molar-refractivity contribution in [1.82, 2.24) is 10.2 Å². The standard InChI is InChI=1S/C19H32N2O4/c1-4-19(5-2,18(24)25)12-20-17(23)14-10-16(22)21(11-14)15-8-6-13(3)7-9-15/h13-15H,4-12H2,1-3H3,(H,20,23)(H,24,25). The van der Waals surface area contributed by atoms with Crippen LogP contribution in [-0.4, -0.2) is 46.9 Å². The van der Waals surface area contributed by atoms with Gasteiger partial charge in [0.25, 0.3) is 0 Å². The zero-order chi connectivity index (χ0) is 18.6. The molecule has 2 fully saturated rings. The molecule has 1 atom stereocenters. The van der Waals surface area contributed by atoms with Crippen molar-refractivity contribution in [3.05, 3.63) is 0 Å². The van der Waals surface area contributed by atoms with Gasteiger partial charge in [0.2, 0.25) is 11.8 Å². The van der Waals surface area contributed by atoms with Crippen molar-refractivity contribution in [3.63, 3.8) is 0 Å². The Morgan fingerprint density at radius 3 is 2.32 bits per heavy atom. The summed E-state index contributed by atoms with van der Waals surface area (Å²) in [4.78, 5) is 38.3. The molecule has 1 aliphatic carbocycles. The molecule has 2 aliphatic rings. The molecule has 0 bridgehead atoms. The van der Waals surface area contributed by atoms with Crippen LogP contribution < -0.4 is 5.32 Å². The van der Waals surface area contributed by atoms with Crippen LogP contribution in [0.3, 0.4) is 0 Å². The van der Waals surface area contributed by atoms with Gasteiger partial charge in [-0.1, -0.05) is 20.8 Å². The molecule has 25 heavy (non-hydrogen) atoms. The Kier molecular flexibility index (Phi) is 6.47. The second-order valence-electron chi connectivity index (χ2n) is 7.87. The van der Waals surface area contributed by atoms with E-state index in [1.165, 1.54) is 0 Å². The smallest absolute Gasteiger partial charge is 0.311 e. The predicted octanol–water partition coefficient (Wildman–Crippen LogP) is 2.42. The van der Waals surface area contributed by atoms with Crippen LogP contribution >= 0.6 is 0 Å². The molecule has 0 spiro atoms. The molecule has 6 heteroatoms. The number of carbonyl (C=O) groups excluding carboxylic acids is 2. The van der Waals surface area contributed by atoms with Crippen LogP contribution in [0.1, 0.15) is 65.7 Å². The van der Waals surface area contributed by atoms with Gasteiger partial charge in [-0.3, -0.25) is 14.4 Å². The van der Waals surface area contributed by atoms with Crippen LogP contribution in [0.4, 0.5) is 0 Å². The van der Waals surface area contributed by atoms with Gasteiger partial charge in [-0.25, -0.2) is 0 Å². The Bertz CT molecular complexity index is 508. The van der Waals surface area contributed by atoms with Gasteiger partial charge in [-0.15, -0.1) is 0 Å². The van der Waals surface area contributed by atoms with Gasteiger partial charge in [0.1, 0.15) is 0 Å². The van der Waals surface area contributed by atoms with E-state index in [9.17, 15) is 19.5 Å². The summed E-state index contributed by atoms with van der Waals surface area (Å²) in [5.74, 6) is -0.631. The fourth-order valence-electron chi connectivity index (χ4n) is 4.09. The van der Waals surface area contributed by atoms with E-state index in [4.69, 9.17) is 0 Å². The molecule has 2 rings (SSSR count). The molecular formula is C19H32N2O4. The molecule has 1 unspecified atom stereocenters. The van der Waals surface area contributed by atoms with E-state index in [-0.39, 0.29) is 36.7 Å². The van der Waals surface area contributed by atoms with Gasteiger partial charge in [-0.2, -0.15) is 0 Å². The van der Waals surface area contributed by atoms with Crippen LogP contribution in [0.5, 0.6) is 0 Å². The summed E-state index contributed by atoms with van der Waals surface area (Å²) in [6, 6.07) is 0.269. The first-order chi connectivity index (χ1) is 11.8. The minimum atomic E-state index is -0.919. The summed E-state index contributed by atoms with van der Waals surface area (Å²) >= 11 is 0. The summed E-state index contributed by atoms with van der Waals surface area (Å²) in [6.45, 7) is 6.50. The average molecular weight is 352 g/mol. The van der Waals surface area contributed by atoms with Crippen molar-refractivity contribution < 1.29 is 19.5 Å². The van der Waals surface area contributed by atoms with Crippen molar-refractivity contribution >= 4 is 17.8 Å². The first kappa shape index (κ1) is 19.7. The van der Waals surface area contributed by atoms with Crippen LogP contribution in [-0.2, 0) is 14.4 Å². The summed E-state index contributed by atoms with van der Waals surface area (Å²) in [7, 11) is 0. The molecule has 6 nitrogen and oxygen atoms in total. The molecule has 2 amide bonds. The molecule has 0 aromatic heterocycles. The third kappa shape index (κ3) is 4.33. The maximum atomic E-state index is 12.5. The van der Waals surface area contributed by atoms with Gasteiger partial charge in [0.15, 0.2) is 0 Å². The lowest BCUT2D eigenvalue weighted by molar-refractivity contribution is -0.149. The van der Waals surface area contributed by atoms with Crippen LogP contribution in [0, 0.1) is 17.3 Å². The lowest BCUT2D eigenvalue weighted by Crippen LogP contribution is -2.45. The highest BCUT2D eigenvalue weighted by Crippen LogP contribution is 2.31. The molecule has 0 aromatic rings. The zero-order valence-corrected chi connectivity index (χ0v) is 15.7. The Labute approximate surface area is 150 Å². The Morgan fingerprint density at radius 1 is 1.20 bits per heavy atom. The predicted molar refractivity (Wildman–Crippen MR) is 94.9 cm³/mol. The topological polar surface area (TPSA) is 86.7 Å². The van der Waals surface area contributed by atoms with Gasteiger partial charge in [0, 0.05) is 25.6 Å². The molecule has 142 valence electrons. The number of hydrogen-bond acceptors (Lipinski definition) is 3. The Morgan fingerprint density at radius 2 is 1.80 bits per heavy atom. The first-order valence-corrected chi connectivity index (χ1v) is 9.63. The van der Waals surface area contributed by atoms with Crippen LogP contribution in [0.2, 0.25) is 0 Å². The second kappa shape index (κ2) is 8.19. The van der Waals surface area contributed by atoms with E-state index in [0.717, 1.165) is 31.6 Å². The highest BCUT2D eigenvalue weighted by Gasteiger charge is 2.40. The maximum absolute atomic E-state index is 12.5. The van der Waals surface area contributed by atoms with Crippen molar-refractivity contribution in [2.45, 2.75) is 71.8 Å². The molecule has 2 N–H and O–H groups in total. The monoisotopic (exact) mass is 352 g/mol. The Balaban J connectivity index is 1.91. The van der Waals surface area contributed by atoms with E-state index in [1.54, 1.807) is 0 Å². The molecule has 1 heterocycles. The molecule has 1 saturated heterocycles. The SMILES string of the molecule is CCC(CC)(CNC(=O)C1CC(=O)N(C2CCC(C)CC2)C1)C(=O)O. The molecule has 1 aliphatic heterocycles. The number of hydrogen-bond donors (Lipinski definition) is 2. The van der Waals surface area contributed by atoms with Crippen molar-refractivity contribution in [2.75, 3.05) is 13.1 Å². The minimum absolute atomic E-state index is 0.0650. The number of rotatable bonds is 7. The number of nitrogens with zero attached hydrogens (tertiary/aromatic N) is 1. The van der Waals surface area contributed by atoms with Crippen LogP contribution in [0.25, 0.3) is 0 Å². The molecular weight excluding hydrogens is 320 g/mol. The number of nitrogens with one attached hydrogen (secondary N) is 1. The van der Waals surface area contributed by atoms with Crippen molar-refractivity contribution in [2.24, 2.45) is 17.3 Å². The van der Waals surface area contributed by atoms with Crippen LogP contribution in [0.15, 0.2) is 0 Å². The quantitative estimate of drug-likeness (QED) is 0.737. The summed E-state index contributed by atoms with van der Waals surface area (Å²) in [6.07, 6.45) is 5.50. The number of carboxylic acid groups (broad SMARTS) is 1. The van der Waals surface area contributed by atoms with Gasteiger partial charge in [0.05, 0.1) is 11.3 Å². The highest BCUT2D eigenvalue weighted by atomic mass is 16.4. The number of amides is 2. The third-order valence-electron chi connectivity index (χ3n) is 6.36. The van der Waals surface area contributed by atoms with Gasteiger partial charge < -0.3 is 15.3 Å². The average Bonchev–Trinajstić information content (AvgIpc) is 2.98. The van der Waals surface area contributed by atoms with Crippen molar-refractivity contribution in [1.29, 1.82) is 0 Å².